The van der Waals surface area contributed by atoms with Crippen LogP contribution in [0.2, 0.25) is 0 Å². The molecule has 7 N–H and O–H groups in total. The number of amidine groups is 1. The summed E-state index contributed by atoms with van der Waals surface area (Å²) in [5.74, 6) is 0.177. The van der Waals surface area contributed by atoms with E-state index in [2.05, 4.69) is 53.0 Å². The summed E-state index contributed by atoms with van der Waals surface area (Å²) in [7, 11) is 3.96. The Labute approximate surface area is 256 Å². The van der Waals surface area contributed by atoms with Crippen molar-refractivity contribution in [3.63, 3.8) is 0 Å². The number of guanidine groups is 1. The number of amides is 2. The van der Waals surface area contributed by atoms with Crippen LogP contribution < -0.4 is 27.4 Å². The summed E-state index contributed by atoms with van der Waals surface area (Å²) in [5, 5.41) is 14.1. The number of rotatable bonds is 14. The van der Waals surface area contributed by atoms with Gasteiger partial charge in [0, 0.05) is 47.8 Å². The van der Waals surface area contributed by atoms with Crippen molar-refractivity contribution in [1.82, 2.24) is 15.5 Å². The Kier molecular flexibility index (Phi) is 16.1. The second-order valence-corrected chi connectivity index (χ2v) is 10.3. The smallest absolute Gasteiger partial charge is 0.324 e. The van der Waals surface area contributed by atoms with Gasteiger partial charge in [-0.15, -0.1) is 9.24 Å². The number of aliphatic imine (C=N–C) groups is 4. The third kappa shape index (κ3) is 13.8. The Morgan fingerprint density at radius 2 is 1.93 bits per heavy atom. The second kappa shape index (κ2) is 18.9. The molecule has 13 heteroatoms. The first-order valence-corrected chi connectivity index (χ1v) is 14.0. The lowest BCUT2D eigenvalue weighted by Crippen LogP contribution is -2.48. The Morgan fingerprint density at radius 1 is 1.23 bits per heavy atom. The Hall–Kier alpha value is -4.44. The molecule has 0 bridgehead atoms. The molecule has 0 saturated carbocycles. The number of nitrogens with one attached hydrogen (secondary N) is 3. The van der Waals surface area contributed by atoms with Gasteiger partial charge in [0.15, 0.2) is 0 Å². The summed E-state index contributed by atoms with van der Waals surface area (Å²) in [4.78, 5) is 31.3. The maximum Gasteiger partial charge on any atom is 0.324 e. The molecule has 232 valence electrons. The van der Waals surface area contributed by atoms with Crippen LogP contribution in [0, 0.1) is 18.2 Å². The molecule has 1 aromatic carbocycles. The SMILES string of the molecule is C=CC(C=NCC(N)=NC=NC)=C(N)/C=C(/CC)CN=C(NC(=C)C)NC(=O)N(CC(C)=N)Cc1cc(C)c(F)c(P)c1. The number of aryl methyl sites for hydroxylation is 1. The van der Waals surface area contributed by atoms with Crippen molar-refractivity contribution in [2.75, 3.05) is 26.7 Å². The fourth-order valence-electron chi connectivity index (χ4n) is 3.56. The van der Waals surface area contributed by atoms with E-state index in [0.717, 1.165) is 11.1 Å². The van der Waals surface area contributed by atoms with Crippen LogP contribution in [0.25, 0.3) is 0 Å². The van der Waals surface area contributed by atoms with Crippen LogP contribution in [-0.4, -0.2) is 67.7 Å². The molecule has 1 atom stereocenters. The zero-order valence-corrected chi connectivity index (χ0v) is 26.8. The lowest BCUT2D eigenvalue weighted by molar-refractivity contribution is 0.207. The van der Waals surface area contributed by atoms with E-state index in [1.165, 1.54) is 11.2 Å². The third-order valence-electron chi connectivity index (χ3n) is 5.62. The largest absolute Gasteiger partial charge is 0.398 e. The number of nitrogens with two attached hydrogens (primary N) is 2. The number of carbonyl (C=O) groups is 1. The van der Waals surface area contributed by atoms with Gasteiger partial charge in [0.1, 0.15) is 18.0 Å². The van der Waals surface area contributed by atoms with E-state index >= 15 is 0 Å². The number of hydrogen-bond donors (Lipinski definition) is 5. The zero-order valence-electron chi connectivity index (χ0n) is 25.7. The van der Waals surface area contributed by atoms with Gasteiger partial charge in [-0.1, -0.05) is 32.2 Å². The van der Waals surface area contributed by atoms with E-state index in [-0.39, 0.29) is 43.7 Å². The number of halogens is 1. The number of allylic oxidation sites excluding steroid dienone is 4. The van der Waals surface area contributed by atoms with Gasteiger partial charge in [-0.3, -0.25) is 15.3 Å². The van der Waals surface area contributed by atoms with Crippen molar-refractivity contribution < 1.29 is 9.18 Å². The minimum absolute atomic E-state index is 0.0752. The van der Waals surface area contributed by atoms with Crippen molar-refractivity contribution in [2.24, 2.45) is 31.4 Å². The summed E-state index contributed by atoms with van der Waals surface area (Å²) in [6, 6.07) is 2.87. The van der Waals surface area contributed by atoms with Gasteiger partial charge >= 0.3 is 6.03 Å². The Bertz CT molecular complexity index is 1350. The highest BCUT2D eigenvalue weighted by Crippen LogP contribution is 2.13. The van der Waals surface area contributed by atoms with Gasteiger partial charge in [-0.05, 0) is 56.0 Å². The van der Waals surface area contributed by atoms with E-state index in [1.807, 2.05) is 6.92 Å². The molecule has 0 radical (unpaired) electrons. The first-order chi connectivity index (χ1) is 20.3. The molecule has 0 aliphatic carbocycles. The average Bonchev–Trinajstić information content (AvgIpc) is 2.93. The van der Waals surface area contributed by atoms with E-state index < -0.39 is 6.03 Å². The summed E-state index contributed by atoms with van der Waals surface area (Å²) >= 11 is 0. The van der Waals surface area contributed by atoms with Gasteiger partial charge in [0.2, 0.25) is 5.96 Å². The van der Waals surface area contributed by atoms with Gasteiger partial charge in [0.05, 0.1) is 19.6 Å². The van der Waals surface area contributed by atoms with Crippen molar-refractivity contribution in [1.29, 1.82) is 5.41 Å². The molecule has 1 unspecified atom stereocenters. The molecule has 2 amide bonds. The summed E-state index contributed by atoms with van der Waals surface area (Å²) in [6.07, 6.45) is 6.92. The minimum atomic E-state index is -0.481. The maximum atomic E-state index is 14.1. The Balaban J connectivity index is 3.21. The van der Waals surface area contributed by atoms with Crippen molar-refractivity contribution in [3.05, 3.63) is 76.9 Å². The summed E-state index contributed by atoms with van der Waals surface area (Å²) in [6.45, 7) is 15.3. The zero-order chi connectivity index (χ0) is 32.5. The molecule has 0 spiro atoms. The maximum absolute atomic E-state index is 14.1. The van der Waals surface area contributed by atoms with Crippen molar-refractivity contribution in [3.8, 4) is 0 Å². The standard InChI is InChI=1S/C30H44FN10OP/c1-8-22(11-25(33)24(9-2)14-36-15-27(34)38-18-35-7)13-37-29(39-19(3)4)40-30(42)41(16-21(6)32)17-23-10-20(5)28(31)26(43)12-23/h9-12,14,18,32H,2-3,8,13,15-17,33,43H2,1,4-7H3,(H2,34,35,38)(H2,37,39,40,42)/b22-11-,25-24?,32-21?,36-14?. The average molecular weight is 611 g/mol. The Morgan fingerprint density at radius 3 is 2.49 bits per heavy atom. The van der Waals surface area contributed by atoms with Crippen LogP contribution in [-0.2, 0) is 6.54 Å². The summed E-state index contributed by atoms with van der Waals surface area (Å²) in [5.41, 5.74) is 16.1. The molecule has 11 nitrogen and oxygen atoms in total. The highest BCUT2D eigenvalue weighted by atomic mass is 31.0. The topological polar surface area (TPSA) is 170 Å². The molecule has 0 fully saturated rings. The molecule has 0 aromatic heterocycles. The molecule has 0 saturated heterocycles. The van der Waals surface area contributed by atoms with Gasteiger partial charge < -0.3 is 27.1 Å². The highest BCUT2D eigenvalue weighted by Gasteiger charge is 2.18. The third-order valence-corrected chi connectivity index (χ3v) is 6.04. The van der Waals surface area contributed by atoms with Crippen molar-refractivity contribution in [2.45, 2.75) is 40.7 Å². The number of nitrogens with zero attached hydrogens (tertiary/aromatic N) is 5. The number of hydrogen-bond acceptors (Lipinski definition) is 6. The normalized spacial score (nSPS) is 13.2. The molecule has 1 aromatic rings. The van der Waals surface area contributed by atoms with Crippen LogP contribution >= 0.6 is 9.24 Å². The monoisotopic (exact) mass is 610 g/mol. The van der Waals surface area contributed by atoms with Crippen LogP contribution in [0.4, 0.5) is 9.18 Å². The lowest BCUT2D eigenvalue weighted by atomic mass is 10.1. The van der Waals surface area contributed by atoms with Crippen LogP contribution in [0.15, 0.2) is 80.0 Å². The molecular formula is C30H44FN10OP. The van der Waals surface area contributed by atoms with E-state index in [4.69, 9.17) is 16.9 Å². The van der Waals surface area contributed by atoms with Crippen LogP contribution in [0.5, 0.6) is 0 Å². The molecule has 0 heterocycles. The van der Waals surface area contributed by atoms with Gasteiger partial charge in [-0.2, -0.15) is 0 Å². The fourth-order valence-corrected chi connectivity index (χ4v) is 4.00. The fraction of sp³-hybridized carbons (Fsp3) is 0.333. The number of urea groups is 1. The molecule has 43 heavy (non-hydrogen) atoms. The summed E-state index contributed by atoms with van der Waals surface area (Å²) < 4.78 is 14.1. The first-order valence-electron chi connectivity index (χ1n) is 13.5. The first kappa shape index (κ1) is 36.6. The molecule has 0 aliphatic heterocycles. The van der Waals surface area contributed by atoms with E-state index in [0.29, 0.717) is 40.1 Å². The van der Waals surface area contributed by atoms with E-state index in [1.54, 1.807) is 58.3 Å². The molecule has 0 aliphatic rings. The number of carbonyl (C=O) groups excluding carboxylic acids is 1. The number of benzene rings is 1. The predicted octanol–water partition coefficient (Wildman–Crippen LogP) is 3.49. The van der Waals surface area contributed by atoms with E-state index in [9.17, 15) is 9.18 Å². The van der Waals surface area contributed by atoms with Gasteiger partial charge in [0.25, 0.3) is 0 Å². The van der Waals surface area contributed by atoms with Crippen molar-refractivity contribution >= 4 is 50.6 Å². The molecule has 1 rings (SSSR count). The minimum Gasteiger partial charge on any atom is -0.398 e. The molecular weight excluding hydrogens is 566 g/mol. The quantitative estimate of drug-likeness (QED) is 0.0941. The van der Waals surface area contributed by atoms with Crippen LogP contribution in [0.1, 0.15) is 38.3 Å². The second-order valence-electron chi connectivity index (χ2n) is 9.69. The van der Waals surface area contributed by atoms with Crippen LogP contribution in [0.3, 0.4) is 0 Å². The van der Waals surface area contributed by atoms with Gasteiger partial charge in [-0.25, -0.2) is 19.2 Å². The predicted molar refractivity (Wildman–Crippen MR) is 182 cm³/mol. The lowest BCUT2D eigenvalue weighted by Gasteiger charge is -2.24. The highest BCUT2D eigenvalue weighted by molar-refractivity contribution is 7.27.